The molecule has 0 aliphatic carbocycles. The van der Waals surface area contributed by atoms with Gasteiger partial charge in [-0.15, -0.1) is 9.45 Å². The molecule has 3 aromatic rings. The lowest BCUT2D eigenvalue weighted by Crippen LogP contribution is -2.03. The summed E-state index contributed by atoms with van der Waals surface area (Å²) in [7, 11) is -4.39. The van der Waals surface area contributed by atoms with Crippen molar-refractivity contribution in [3.63, 3.8) is 0 Å². The fourth-order valence-electron chi connectivity index (χ4n) is 3.14. The van der Waals surface area contributed by atoms with Gasteiger partial charge in [0.15, 0.2) is 0 Å². The molecule has 3 aromatic carbocycles. The Bertz CT molecular complexity index is 1200. The van der Waals surface area contributed by atoms with Crippen molar-refractivity contribution in [3.05, 3.63) is 59.2 Å². The average Bonchev–Trinajstić information content (AvgIpc) is 2.81. The topological polar surface area (TPSA) is 118 Å². The van der Waals surface area contributed by atoms with Crippen LogP contribution in [0, 0.1) is 20.8 Å². The van der Waals surface area contributed by atoms with Crippen molar-refractivity contribution in [3.8, 4) is 0 Å². The summed E-state index contributed by atoms with van der Waals surface area (Å²) in [5, 5.41) is 22.1. The maximum absolute atomic E-state index is 11.8. The molecule has 0 atom stereocenters. The third-order valence-corrected chi connectivity index (χ3v) is 6.19. The predicted octanol–water partition coefficient (Wildman–Crippen LogP) is 7.91. The van der Waals surface area contributed by atoms with Gasteiger partial charge in [0, 0.05) is 0 Å². The summed E-state index contributed by atoms with van der Waals surface area (Å²) in [6.07, 6.45) is 0. The van der Waals surface area contributed by atoms with Gasteiger partial charge < -0.3 is 0 Å². The molecule has 33 heavy (non-hydrogen) atoms. The van der Waals surface area contributed by atoms with Crippen LogP contribution in [0.2, 0.25) is 0 Å². The summed E-state index contributed by atoms with van der Waals surface area (Å²) >= 11 is 0.697. The molecule has 3 rings (SSSR count). The number of benzene rings is 3. The molecule has 0 amide bonds. The molecule has 0 bridgehead atoms. The van der Waals surface area contributed by atoms with Gasteiger partial charge in [0.2, 0.25) is 0 Å². The van der Waals surface area contributed by atoms with E-state index < -0.39 is 10.1 Å². The molecule has 180 valence electrons. The van der Waals surface area contributed by atoms with E-state index in [2.05, 4.69) is 19.6 Å². The van der Waals surface area contributed by atoms with Crippen molar-refractivity contribution in [1.29, 1.82) is 0 Å². The summed E-state index contributed by atoms with van der Waals surface area (Å²) in [4.78, 5) is 0.268. The molecule has 0 fully saturated rings. The maximum Gasteiger partial charge on any atom is 0.294 e. The lowest BCUT2D eigenvalue weighted by molar-refractivity contribution is -0.432. The van der Waals surface area contributed by atoms with E-state index in [0.717, 1.165) is 10.9 Å². The predicted molar refractivity (Wildman–Crippen MR) is 132 cm³/mol. The molecule has 0 aliphatic heterocycles. The zero-order valence-corrected chi connectivity index (χ0v) is 21.4. The van der Waals surface area contributed by atoms with E-state index >= 15 is 0 Å². The number of aryl methyl sites for hydroxylation is 2. The van der Waals surface area contributed by atoms with Crippen LogP contribution >= 0.6 is 12.0 Å². The second-order valence-electron chi connectivity index (χ2n) is 6.31. The zero-order valence-electron chi connectivity index (χ0n) is 19.8. The van der Waals surface area contributed by atoms with E-state index in [4.69, 9.17) is 5.26 Å². The molecule has 8 nitrogen and oxygen atoms in total. The molecule has 0 radical (unpaired) electrons. The Balaban J connectivity index is 0.00000129. The third-order valence-electron chi connectivity index (χ3n) is 4.59. The van der Waals surface area contributed by atoms with Crippen LogP contribution in [0.25, 0.3) is 10.8 Å². The highest BCUT2D eigenvalue weighted by Gasteiger charge is 2.21. The van der Waals surface area contributed by atoms with Crippen LogP contribution in [0.4, 0.5) is 11.4 Å². The van der Waals surface area contributed by atoms with E-state index in [1.54, 1.807) is 32.0 Å². The summed E-state index contributed by atoms with van der Waals surface area (Å²) in [5.74, 6) is 0. The van der Waals surface area contributed by atoms with Gasteiger partial charge in [-0.1, -0.05) is 50.9 Å². The highest BCUT2D eigenvalue weighted by Crippen LogP contribution is 2.42. The summed E-state index contributed by atoms with van der Waals surface area (Å²) in [5.41, 5.74) is 3.00. The minimum absolute atomic E-state index is 0.171. The quantitative estimate of drug-likeness (QED) is 0.117. The first-order valence-electron chi connectivity index (χ1n) is 10.4. The van der Waals surface area contributed by atoms with Gasteiger partial charge in [-0.3, -0.25) is 4.55 Å². The molecular weight excluding hydrogens is 464 g/mol. The molecule has 0 aliphatic rings. The first kappa shape index (κ1) is 28.7. The Morgan fingerprint density at radius 3 is 2.03 bits per heavy atom. The Kier molecular flexibility index (Phi) is 11.6. The SMILES string of the molecule is CC.CC.Cc1c(S(=O)(=O)O)cc2cc(SOOO)c(N=Nc3ccccc3)c(C)c2c1C. The van der Waals surface area contributed by atoms with E-state index in [1.165, 1.54) is 6.07 Å². The van der Waals surface area contributed by atoms with Gasteiger partial charge in [0.25, 0.3) is 10.1 Å². The monoisotopic (exact) mass is 494 g/mol. The Labute approximate surface area is 199 Å². The van der Waals surface area contributed by atoms with Crippen LogP contribution < -0.4 is 0 Å². The molecule has 10 heteroatoms. The number of azo groups is 1. The Morgan fingerprint density at radius 2 is 1.48 bits per heavy atom. The van der Waals surface area contributed by atoms with Gasteiger partial charge in [-0.2, -0.15) is 13.5 Å². The zero-order chi connectivity index (χ0) is 25.2. The van der Waals surface area contributed by atoms with Crippen molar-refractivity contribution in [2.24, 2.45) is 10.2 Å². The number of rotatable bonds is 6. The summed E-state index contributed by atoms with van der Waals surface area (Å²) in [6.45, 7) is 13.2. The lowest BCUT2D eigenvalue weighted by atomic mass is 9.96. The van der Waals surface area contributed by atoms with Gasteiger partial charge in [0.1, 0.15) is 5.69 Å². The fourth-order valence-corrected chi connectivity index (χ4v) is 4.51. The van der Waals surface area contributed by atoms with E-state index in [1.807, 2.05) is 52.8 Å². The second-order valence-corrected chi connectivity index (χ2v) is 8.44. The van der Waals surface area contributed by atoms with E-state index in [0.29, 0.717) is 44.8 Å². The Morgan fingerprint density at radius 1 is 0.879 bits per heavy atom. The standard InChI is InChI=1S/C19H18N2O6S2.2C2H6/c1-11-12(2)18-13(3)19(21-20-15-7-5-4-6-8-15)16(28-27-26-22)9-14(18)10-17(11)29(23,24)25;2*1-2/h4-10,22H,1-3H3,(H,23,24,25);2*1-2H3. The van der Waals surface area contributed by atoms with Gasteiger partial charge in [0.05, 0.1) is 27.5 Å². The minimum Gasteiger partial charge on any atom is -0.282 e. The van der Waals surface area contributed by atoms with Gasteiger partial charge >= 0.3 is 0 Å². The van der Waals surface area contributed by atoms with Crippen LogP contribution in [0.15, 0.2) is 62.5 Å². The summed E-state index contributed by atoms with van der Waals surface area (Å²) in [6, 6.07) is 12.2. The van der Waals surface area contributed by atoms with E-state index in [-0.39, 0.29) is 4.90 Å². The van der Waals surface area contributed by atoms with Crippen LogP contribution in [0.3, 0.4) is 0 Å². The van der Waals surface area contributed by atoms with Crippen molar-refractivity contribution in [1.82, 2.24) is 0 Å². The van der Waals surface area contributed by atoms with Crippen LogP contribution in [0.5, 0.6) is 0 Å². The Hall–Kier alpha value is -2.34. The summed E-state index contributed by atoms with van der Waals surface area (Å²) < 4.78 is 37.6. The molecule has 0 aromatic heterocycles. The van der Waals surface area contributed by atoms with E-state index in [9.17, 15) is 13.0 Å². The first-order valence-corrected chi connectivity index (χ1v) is 12.6. The second kappa shape index (κ2) is 13.4. The highest BCUT2D eigenvalue weighted by molar-refractivity contribution is 7.94. The molecular formula is C23H30N2O6S2. The molecule has 0 unspecified atom stereocenters. The van der Waals surface area contributed by atoms with Crippen molar-refractivity contribution < 1.29 is 27.6 Å². The van der Waals surface area contributed by atoms with Gasteiger partial charge in [-0.25, -0.2) is 5.26 Å². The van der Waals surface area contributed by atoms with Crippen molar-refractivity contribution >= 4 is 44.3 Å². The van der Waals surface area contributed by atoms with Crippen LogP contribution in [-0.4, -0.2) is 18.2 Å². The lowest BCUT2D eigenvalue weighted by Gasteiger charge is -2.16. The molecule has 0 saturated heterocycles. The number of fused-ring (bicyclic) bond motifs is 1. The third kappa shape index (κ3) is 7.07. The fraction of sp³-hybridized carbons (Fsp3) is 0.304. The van der Waals surface area contributed by atoms with Crippen LogP contribution in [0.1, 0.15) is 44.4 Å². The van der Waals surface area contributed by atoms with Crippen molar-refractivity contribution in [2.45, 2.75) is 58.3 Å². The smallest absolute Gasteiger partial charge is 0.282 e. The number of hydrogen-bond acceptors (Lipinski definition) is 8. The van der Waals surface area contributed by atoms with Crippen LogP contribution in [-0.2, 0) is 19.5 Å². The number of hydrogen-bond donors (Lipinski definition) is 2. The van der Waals surface area contributed by atoms with Gasteiger partial charge in [-0.05, 0) is 72.5 Å². The highest BCUT2D eigenvalue weighted by atomic mass is 32.2. The molecule has 2 N–H and O–H groups in total. The average molecular weight is 495 g/mol. The molecule has 0 spiro atoms. The number of nitrogens with zero attached hydrogens (tertiary/aromatic N) is 2. The first-order chi connectivity index (χ1) is 15.7. The molecule has 0 heterocycles. The minimum atomic E-state index is -4.39. The molecule has 0 saturated carbocycles. The normalized spacial score (nSPS) is 11.1. The van der Waals surface area contributed by atoms with Crippen molar-refractivity contribution in [2.75, 3.05) is 0 Å². The largest absolute Gasteiger partial charge is 0.294 e. The maximum atomic E-state index is 11.8.